The van der Waals surface area contributed by atoms with Gasteiger partial charge in [0.15, 0.2) is 0 Å². The third kappa shape index (κ3) is 3.85. The van der Waals surface area contributed by atoms with Crippen molar-refractivity contribution in [3.8, 4) is 5.75 Å². The Hall–Kier alpha value is -3.52. The third-order valence-electron chi connectivity index (χ3n) is 3.79. The molecule has 0 aliphatic carbocycles. The van der Waals surface area contributed by atoms with Crippen molar-refractivity contribution in [1.82, 2.24) is 15.0 Å². The number of hydrogen-bond acceptors (Lipinski definition) is 6. The molecule has 4 rings (SSSR count). The van der Waals surface area contributed by atoms with Crippen molar-refractivity contribution in [3.63, 3.8) is 0 Å². The average Bonchev–Trinajstić information content (AvgIpc) is 3.34. The number of aromatic nitrogens is 3. The monoisotopic (exact) mass is 378 g/mol. The van der Waals surface area contributed by atoms with Crippen molar-refractivity contribution in [1.29, 1.82) is 0 Å². The van der Waals surface area contributed by atoms with E-state index in [-0.39, 0.29) is 12.5 Å². The first-order valence-corrected chi connectivity index (χ1v) is 9.01. The van der Waals surface area contributed by atoms with E-state index >= 15 is 0 Å². The molecule has 0 atom stereocenters. The highest BCUT2D eigenvalue weighted by Crippen LogP contribution is 2.18. The van der Waals surface area contributed by atoms with Gasteiger partial charge < -0.3 is 10.1 Å². The summed E-state index contributed by atoms with van der Waals surface area (Å²) in [7, 11) is 0. The number of thiophene rings is 1. The topological polar surface area (TPSA) is 86.1 Å². The van der Waals surface area contributed by atoms with E-state index in [0.717, 1.165) is 11.0 Å². The van der Waals surface area contributed by atoms with Crippen LogP contribution in [-0.4, -0.2) is 26.9 Å². The molecule has 4 aromatic rings. The fourth-order valence-electron chi connectivity index (χ4n) is 2.53. The summed E-state index contributed by atoms with van der Waals surface area (Å²) in [6.07, 6.45) is 0. The number of anilines is 1. The van der Waals surface area contributed by atoms with Crippen LogP contribution in [0.2, 0.25) is 0 Å². The minimum absolute atomic E-state index is 0.0443. The van der Waals surface area contributed by atoms with Gasteiger partial charge in [0.1, 0.15) is 17.8 Å². The molecule has 0 unspecified atom stereocenters. The molecule has 27 heavy (non-hydrogen) atoms. The van der Waals surface area contributed by atoms with Gasteiger partial charge in [-0.2, -0.15) is 0 Å². The smallest absolute Gasteiger partial charge is 0.333 e. The molecule has 0 fully saturated rings. The molecular formula is C19H14N4O3S. The number of benzene rings is 2. The number of fused-ring (bicyclic) bond motifs is 1. The number of nitrogens with zero attached hydrogens (tertiary/aromatic N) is 3. The molecule has 0 saturated heterocycles. The zero-order valence-electron chi connectivity index (χ0n) is 14.0. The Kier molecular flexibility index (Phi) is 4.63. The van der Waals surface area contributed by atoms with Gasteiger partial charge in [-0.15, -0.1) is 16.4 Å². The normalized spacial score (nSPS) is 10.7. The molecule has 2 heterocycles. The van der Waals surface area contributed by atoms with Crippen molar-refractivity contribution in [2.75, 3.05) is 5.32 Å². The van der Waals surface area contributed by atoms with Crippen LogP contribution in [0.5, 0.6) is 5.75 Å². The second-order valence-electron chi connectivity index (χ2n) is 5.67. The van der Waals surface area contributed by atoms with Gasteiger partial charge in [-0.3, -0.25) is 4.79 Å². The molecule has 0 saturated carbocycles. The van der Waals surface area contributed by atoms with Crippen molar-refractivity contribution < 1.29 is 14.3 Å². The van der Waals surface area contributed by atoms with E-state index in [4.69, 9.17) is 4.74 Å². The van der Waals surface area contributed by atoms with Crippen LogP contribution >= 0.6 is 11.3 Å². The fraction of sp³-hybridized carbons (Fsp3) is 0.0526. The summed E-state index contributed by atoms with van der Waals surface area (Å²) in [5, 5.41) is 12.6. The molecule has 7 nitrogen and oxygen atoms in total. The summed E-state index contributed by atoms with van der Waals surface area (Å²) < 4.78 is 6.82. The maximum atomic E-state index is 12.2. The second-order valence-corrected chi connectivity index (χ2v) is 6.61. The lowest BCUT2D eigenvalue weighted by molar-refractivity contribution is -0.135. The van der Waals surface area contributed by atoms with Gasteiger partial charge in [-0.05, 0) is 47.8 Å². The Labute approximate surface area is 158 Å². The Morgan fingerprint density at radius 3 is 2.63 bits per heavy atom. The first-order valence-electron chi connectivity index (χ1n) is 8.13. The van der Waals surface area contributed by atoms with Crippen LogP contribution < -0.4 is 10.1 Å². The van der Waals surface area contributed by atoms with Crippen LogP contribution in [0.25, 0.3) is 11.0 Å². The van der Waals surface area contributed by atoms with Crippen molar-refractivity contribution in [3.05, 3.63) is 70.9 Å². The number of carbonyl (C=O) groups is 2. The highest BCUT2D eigenvalue weighted by Gasteiger charge is 2.11. The van der Waals surface area contributed by atoms with Gasteiger partial charge in [0.05, 0.1) is 10.4 Å². The molecule has 0 spiro atoms. The minimum atomic E-state index is -0.457. The van der Waals surface area contributed by atoms with Gasteiger partial charge in [0, 0.05) is 5.69 Å². The maximum absolute atomic E-state index is 12.2. The zero-order valence-corrected chi connectivity index (χ0v) is 14.8. The number of amides is 1. The van der Waals surface area contributed by atoms with Crippen LogP contribution in [0, 0.1) is 0 Å². The van der Waals surface area contributed by atoms with Crippen LogP contribution in [0.4, 0.5) is 5.69 Å². The molecule has 0 aliphatic heterocycles. The molecule has 0 bridgehead atoms. The molecule has 134 valence electrons. The Balaban J connectivity index is 1.38. The van der Waals surface area contributed by atoms with Gasteiger partial charge >= 0.3 is 5.97 Å². The molecule has 1 N–H and O–H groups in total. The predicted molar refractivity (Wildman–Crippen MR) is 102 cm³/mol. The minimum Gasteiger partial charge on any atom is -0.425 e. The van der Waals surface area contributed by atoms with E-state index < -0.39 is 5.97 Å². The molecule has 8 heteroatoms. The number of rotatable bonds is 5. The lowest BCUT2D eigenvalue weighted by Gasteiger charge is -2.07. The maximum Gasteiger partial charge on any atom is 0.333 e. The Morgan fingerprint density at radius 1 is 1.04 bits per heavy atom. The predicted octanol–water partition coefficient (Wildman–Crippen LogP) is 3.35. The number of nitrogens with one attached hydrogen (secondary N) is 1. The Bertz CT molecular complexity index is 1090. The van der Waals surface area contributed by atoms with Crippen molar-refractivity contribution >= 4 is 39.9 Å². The number of para-hydroxylation sites is 1. The van der Waals surface area contributed by atoms with Crippen molar-refractivity contribution in [2.45, 2.75) is 6.54 Å². The average molecular weight is 378 g/mol. The van der Waals surface area contributed by atoms with Gasteiger partial charge in [-0.25, -0.2) is 9.48 Å². The van der Waals surface area contributed by atoms with E-state index in [2.05, 4.69) is 15.6 Å². The van der Waals surface area contributed by atoms with Crippen LogP contribution in [0.1, 0.15) is 9.67 Å². The molecule has 1 amide bonds. The summed E-state index contributed by atoms with van der Waals surface area (Å²) in [4.78, 5) is 24.8. The number of esters is 1. The fourth-order valence-corrected chi connectivity index (χ4v) is 3.15. The highest BCUT2D eigenvalue weighted by molar-refractivity contribution is 7.12. The Morgan fingerprint density at radius 2 is 1.85 bits per heavy atom. The molecule has 0 aliphatic rings. The molecule has 2 aromatic carbocycles. The van der Waals surface area contributed by atoms with E-state index in [9.17, 15) is 9.59 Å². The largest absolute Gasteiger partial charge is 0.425 e. The summed E-state index contributed by atoms with van der Waals surface area (Å²) in [6.45, 7) is -0.0443. The molecule has 2 aromatic heterocycles. The summed E-state index contributed by atoms with van der Waals surface area (Å²) >= 11 is 1.37. The lowest BCUT2D eigenvalue weighted by Crippen LogP contribution is -2.17. The highest BCUT2D eigenvalue weighted by atomic mass is 32.1. The lowest BCUT2D eigenvalue weighted by atomic mass is 10.3. The van der Waals surface area contributed by atoms with Gasteiger partial charge in [-0.1, -0.05) is 23.4 Å². The standard InChI is InChI=1S/C19H14N4O3S/c24-18(12-23-16-5-2-1-4-15(16)21-22-23)26-14-9-7-13(8-10-14)20-19(25)17-6-3-11-27-17/h1-11H,12H2,(H,20,25). The summed E-state index contributed by atoms with van der Waals surface area (Å²) in [5.74, 6) is -0.243. The van der Waals surface area contributed by atoms with Crippen LogP contribution in [-0.2, 0) is 11.3 Å². The molecule has 0 radical (unpaired) electrons. The number of hydrogen-bond donors (Lipinski definition) is 1. The summed E-state index contributed by atoms with van der Waals surface area (Å²) in [5.41, 5.74) is 2.10. The zero-order chi connectivity index (χ0) is 18.6. The van der Waals surface area contributed by atoms with E-state index in [0.29, 0.717) is 16.3 Å². The first kappa shape index (κ1) is 16.9. The van der Waals surface area contributed by atoms with Gasteiger partial charge in [0.2, 0.25) is 0 Å². The van der Waals surface area contributed by atoms with E-state index in [1.165, 1.54) is 16.0 Å². The van der Waals surface area contributed by atoms with Crippen molar-refractivity contribution in [2.24, 2.45) is 0 Å². The second kappa shape index (κ2) is 7.38. The molecular weight excluding hydrogens is 364 g/mol. The van der Waals surface area contributed by atoms with E-state index in [1.807, 2.05) is 35.7 Å². The first-order chi connectivity index (χ1) is 13.2. The quantitative estimate of drug-likeness (QED) is 0.425. The number of carbonyl (C=O) groups excluding carboxylic acids is 2. The van der Waals surface area contributed by atoms with Crippen LogP contribution in [0.15, 0.2) is 66.0 Å². The van der Waals surface area contributed by atoms with Gasteiger partial charge in [0.25, 0.3) is 5.91 Å². The number of ether oxygens (including phenoxy) is 1. The summed E-state index contributed by atoms with van der Waals surface area (Å²) in [6, 6.07) is 17.6. The third-order valence-corrected chi connectivity index (χ3v) is 4.66. The van der Waals surface area contributed by atoms with E-state index in [1.54, 1.807) is 30.3 Å². The van der Waals surface area contributed by atoms with Crippen LogP contribution in [0.3, 0.4) is 0 Å². The SMILES string of the molecule is O=C(Cn1nnc2ccccc21)Oc1ccc(NC(=O)c2cccs2)cc1.